The Morgan fingerprint density at radius 3 is 2.27 bits per heavy atom. The molecule has 7 heteroatoms. The first-order chi connectivity index (χ1) is 17.7. The number of carbonyl (C=O) groups is 2. The number of carbonyl (C=O) groups excluding carboxylic acids is 2. The van der Waals surface area contributed by atoms with E-state index in [1.54, 1.807) is 11.8 Å². The van der Waals surface area contributed by atoms with E-state index in [4.69, 9.17) is 4.98 Å². The summed E-state index contributed by atoms with van der Waals surface area (Å²) < 4.78 is 0. The van der Waals surface area contributed by atoms with Gasteiger partial charge in [-0.3, -0.25) is 9.59 Å². The zero-order valence-corrected chi connectivity index (χ0v) is 22.9. The van der Waals surface area contributed by atoms with E-state index in [1.807, 2.05) is 81.8 Å². The number of piperidine rings is 1. The van der Waals surface area contributed by atoms with Gasteiger partial charge in [-0.15, -0.1) is 11.8 Å². The number of anilines is 2. The molecular weight excluding hydrogens is 480 g/mol. The number of hydrogen-bond acceptors (Lipinski definition) is 5. The van der Waals surface area contributed by atoms with Crippen molar-refractivity contribution in [3.05, 3.63) is 72.4 Å². The van der Waals surface area contributed by atoms with Gasteiger partial charge in [0.2, 0.25) is 5.91 Å². The van der Waals surface area contributed by atoms with Crippen molar-refractivity contribution >= 4 is 35.1 Å². The predicted molar refractivity (Wildman–Crippen MR) is 153 cm³/mol. The predicted octanol–water partition coefficient (Wildman–Crippen LogP) is 6.24. The van der Waals surface area contributed by atoms with E-state index in [0.29, 0.717) is 23.6 Å². The van der Waals surface area contributed by atoms with Gasteiger partial charge in [0, 0.05) is 41.7 Å². The summed E-state index contributed by atoms with van der Waals surface area (Å²) >= 11 is 1.60. The van der Waals surface area contributed by atoms with Gasteiger partial charge in [0.25, 0.3) is 5.91 Å². The lowest BCUT2D eigenvalue weighted by Crippen LogP contribution is -2.42. The minimum Gasteiger partial charge on any atom is -0.355 e. The second kappa shape index (κ2) is 11.8. The Morgan fingerprint density at radius 2 is 1.65 bits per heavy atom. The average Bonchev–Trinajstić information content (AvgIpc) is 2.88. The number of nitrogens with zero attached hydrogens (tertiary/aromatic N) is 2. The first-order valence-corrected chi connectivity index (χ1v) is 14.0. The SMILES string of the molecule is CSc1cnc(N2CCC(CC(=O)NC(C)(C)C)CC2)c(NC(=O)c2ccc(-c3ccccc3)cc2)c1. The molecular formula is C30H36N4O2S. The molecule has 0 saturated carbocycles. The zero-order chi connectivity index (χ0) is 26.4. The van der Waals surface area contributed by atoms with Crippen LogP contribution < -0.4 is 15.5 Å². The van der Waals surface area contributed by atoms with Gasteiger partial charge in [0.05, 0.1) is 5.69 Å². The van der Waals surface area contributed by atoms with Crippen molar-refractivity contribution in [1.29, 1.82) is 0 Å². The summed E-state index contributed by atoms with van der Waals surface area (Å²) in [6.07, 6.45) is 6.23. The van der Waals surface area contributed by atoms with Crippen LogP contribution in [0.25, 0.3) is 11.1 Å². The molecule has 6 nitrogen and oxygen atoms in total. The number of benzene rings is 2. The third-order valence-electron chi connectivity index (χ3n) is 6.48. The van der Waals surface area contributed by atoms with Gasteiger partial charge in [0.15, 0.2) is 5.82 Å². The summed E-state index contributed by atoms with van der Waals surface area (Å²) in [5.41, 5.74) is 3.29. The fourth-order valence-electron chi connectivity index (χ4n) is 4.61. The lowest BCUT2D eigenvalue weighted by molar-refractivity contribution is -0.123. The molecule has 0 spiro atoms. The minimum absolute atomic E-state index is 0.111. The van der Waals surface area contributed by atoms with Crippen LogP contribution in [0.1, 0.15) is 50.4 Å². The second-order valence-electron chi connectivity index (χ2n) is 10.6. The van der Waals surface area contributed by atoms with Crippen LogP contribution >= 0.6 is 11.8 Å². The number of pyridine rings is 1. The van der Waals surface area contributed by atoms with E-state index in [2.05, 4.69) is 27.7 Å². The molecule has 2 amide bonds. The van der Waals surface area contributed by atoms with Crippen LogP contribution in [0.4, 0.5) is 11.5 Å². The summed E-state index contributed by atoms with van der Waals surface area (Å²) in [6, 6.07) is 19.8. The van der Waals surface area contributed by atoms with Crippen LogP contribution in [-0.4, -0.2) is 41.7 Å². The Bertz CT molecular complexity index is 1210. The van der Waals surface area contributed by atoms with E-state index in [-0.39, 0.29) is 17.4 Å². The van der Waals surface area contributed by atoms with Gasteiger partial charge in [-0.05, 0) is 75.1 Å². The minimum atomic E-state index is -0.213. The van der Waals surface area contributed by atoms with E-state index in [0.717, 1.165) is 47.8 Å². The van der Waals surface area contributed by atoms with Crippen molar-refractivity contribution in [2.45, 2.75) is 50.5 Å². The Hall–Kier alpha value is -3.32. The molecule has 0 atom stereocenters. The van der Waals surface area contributed by atoms with Crippen molar-refractivity contribution in [2.24, 2.45) is 5.92 Å². The molecule has 2 aromatic carbocycles. The molecule has 194 valence electrons. The molecule has 0 bridgehead atoms. The van der Waals surface area contributed by atoms with E-state index in [9.17, 15) is 9.59 Å². The van der Waals surface area contributed by atoms with Crippen LogP contribution in [0.15, 0.2) is 71.8 Å². The van der Waals surface area contributed by atoms with Gasteiger partial charge in [0.1, 0.15) is 0 Å². The number of nitrogens with one attached hydrogen (secondary N) is 2. The van der Waals surface area contributed by atoms with Crippen molar-refractivity contribution < 1.29 is 9.59 Å². The van der Waals surface area contributed by atoms with Crippen LogP contribution in [0.2, 0.25) is 0 Å². The molecule has 2 N–H and O–H groups in total. The zero-order valence-electron chi connectivity index (χ0n) is 22.1. The Morgan fingerprint density at radius 1 is 1.00 bits per heavy atom. The first-order valence-electron chi connectivity index (χ1n) is 12.8. The maximum Gasteiger partial charge on any atom is 0.255 e. The third-order valence-corrected chi connectivity index (χ3v) is 7.18. The van der Waals surface area contributed by atoms with Crippen LogP contribution in [-0.2, 0) is 4.79 Å². The van der Waals surface area contributed by atoms with E-state index < -0.39 is 0 Å². The molecule has 3 aromatic rings. The fourth-order valence-corrected chi connectivity index (χ4v) is 5.01. The summed E-state index contributed by atoms with van der Waals surface area (Å²) in [5, 5.41) is 6.17. The molecule has 1 aliphatic rings. The highest BCUT2D eigenvalue weighted by Gasteiger charge is 2.26. The normalized spacial score (nSPS) is 14.3. The number of rotatable bonds is 7. The molecule has 0 unspecified atom stereocenters. The smallest absolute Gasteiger partial charge is 0.255 e. The molecule has 1 aromatic heterocycles. The Balaban J connectivity index is 1.43. The number of hydrogen-bond donors (Lipinski definition) is 2. The van der Waals surface area contributed by atoms with E-state index >= 15 is 0 Å². The van der Waals surface area contributed by atoms with Crippen molar-refractivity contribution in [1.82, 2.24) is 10.3 Å². The Labute approximate surface area is 224 Å². The van der Waals surface area contributed by atoms with Gasteiger partial charge < -0.3 is 15.5 Å². The number of aromatic nitrogens is 1. The quantitative estimate of drug-likeness (QED) is 0.364. The van der Waals surface area contributed by atoms with Gasteiger partial charge in [-0.1, -0.05) is 42.5 Å². The van der Waals surface area contributed by atoms with Gasteiger partial charge in [-0.2, -0.15) is 0 Å². The molecule has 37 heavy (non-hydrogen) atoms. The van der Waals surface area contributed by atoms with Gasteiger partial charge >= 0.3 is 0 Å². The van der Waals surface area contributed by atoms with Crippen LogP contribution in [0.5, 0.6) is 0 Å². The summed E-state index contributed by atoms with van der Waals surface area (Å²) in [4.78, 5) is 33.5. The summed E-state index contributed by atoms with van der Waals surface area (Å²) in [6.45, 7) is 7.61. The molecule has 1 aliphatic heterocycles. The van der Waals surface area contributed by atoms with E-state index in [1.165, 1.54) is 0 Å². The van der Waals surface area contributed by atoms with Crippen molar-refractivity contribution in [3.63, 3.8) is 0 Å². The number of thioether (sulfide) groups is 1. The summed E-state index contributed by atoms with van der Waals surface area (Å²) in [5.74, 6) is 1.09. The highest BCUT2D eigenvalue weighted by Crippen LogP contribution is 2.32. The lowest BCUT2D eigenvalue weighted by atomic mass is 9.92. The van der Waals surface area contributed by atoms with Crippen LogP contribution in [0, 0.1) is 5.92 Å². The maximum absolute atomic E-state index is 13.2. The molecule has 4 rings (SSSR count). The molecule has 0 aliphatic carbocycles. The molecule has 1 saturated heterocycles. The van der Waals surface area contributed by atoms with Crippen molar-refractivity contribution in [2.75, 3.05) is 29.6 Å². The average molecular weight is 517 g/mol. The molecule has 2 heterocycles. The fraction of sp³-hybridized carbons (Fsp3) is 0.367. The van der Waals surface area contributed by atoms with Crippen molar-refractivity contribution in [3.8, 4) is 11.1 Å². The standard InChI is InChI=1S/C30H36N4O2S/c1-30(2,3)33-27(35)18-21-14-16-34(17-15-21)28-26(19-25(37-4)20-31-28)32-29(36)24-12-10-23(11-13-24)22-8-6-5-7-9-22/h5-13,19-21H,14-18H2,1-4H3,(H,32,36)(H,33,35). The lowest BCUT2D eigenvalue weighted by Gasteiger charge is -2.34. The highest BCUT2D eigenvalue weighted by atomic mass is 32.2. The monoisotopic (exact) mass is 516 g/mol. The second-order valence-corrected chi connectivity index (χ2v) is 11.5. The Kier molecular flexibility index (Phi) is 8.54. The van der Waals surface area contributed by atoms with Gasteiger partial charge in [-0.25, -0.2) is 4.98 Å². The maximum atomic E-state index is 13.2. The number of amides is 2. The van der Waals surface area contributed by atoms with Crippen LogP contribution in [0.3, 0.4) is 0 Å². The molecule has 1 fully saturated rings. The summed E-state index contributed by atoms with van der Waals surface area (Å²) in [7, 11) is 0. The first kappa shape index (κ1) is 26.7. The largest absolute Gasteiger partial charge is 0.355 e. The third kappa shape index (κ3) is 7.35. The highest BCUT2D eigenvalue weighted by molar-refractivity contribution is 7.98. The molecule has 0 radical (unpaired) electrons. The topological polar surface area (TPSA) is 74.3 Å².